The van der Waals surface area contributed by atoms with Crippen LogP contribution in [0.25, 0.3) is 0 Å². The summed E-state index contributed by atoms with van der Waals surface area (Å²) in [5.74, 6) is -0.516. The fourth-order valence-electron chi connectivity index (χ4n) is 2.77. The maximum absolute atomic E-state index is 12.7. The average molecular weight is 379 g/mol. The fraction of sp³-hybridized carbons (Fsp3) is 0.250. The molecule has 2 aromatic rings. The second-order valence-electron chi connectivity index (χ2n) is 5.24. The summed E-state index contributed by atoms with van der Waals surface area (Å²) in [6, 6.07) is 11.5. The highest BCUT2D eigenvalue weighted by atomic mass is 79.9. The molecule has 0 radical (unpaired) electrons. The summed E-state index contributed by atoms with van der Waals surface area (Å²) < 4.78 is 1.02. The molecule has 2 N–H and O–H groups in total. The van der Waals surface area contributed by atoms with E-state index in [9.17, 15) is 9.59 Å². The van der Waals surface area contributed by atoms with Gasteiger partial charge in [0.1, 0.15) is 0 Å². The molecular weight excluding hydrogens is 364 g/mol. The van der Waals surface area contributed by atoms with Crippen molar-refractivity contribution in [1.82, 2.24) is 4.90 Å². The van der Waals surface area contributed by atoms with E-state index in [1.165, 1.54) is 0 Å². The normalized spacial score (nSPS) is 17.7. The molecule has 1 atom stereocenters. The van der Waals surface area contributed by atoms with Crippen molar-refractivity contribution in [3.05, 3.63) is 56.2 Å². The third-order valence-corrected chi connectivity index (χ3v) is 5.44. The highest BCUT2D eigenvalue weighted by Gasteiger charge is 2.31. The first-order valence-electron chi connectivity index (χ1n) is 7.02. The third kappa shape index (κ3) is 2.94. The fourth-order valence-corrected chi connectivity index (χ4v) is 3.85. The Balaban J connectivity index is 1.84. The van der Waals surface area contributed by atoms with Gasteiger partial charge in [0.15, 0.2) is 0 Å². The second-order valence-corrected chi connectivity index (χ2v) is 7.24. The van der Waals surface area contributed by atoms with E-state index in [0.717, 1.165) is 40.8 Å². The van der Waals surface area contributed by atoms with Crippen LogP contribution in [0, 0.1) is 0 Å². The molecule has 3 rings (SSSR count). The Morgan fingerprint density at radius 1 is 1.14 bits per heavy atom. The average Bonchev–Trinajstić information content (AvgIpc) is 3.17. The second kappa shape index (κ2) is 6.22. The lowest BCUT2D eigenvalue weighted by Crippen LogP contribution is -2.29. The Bertz CT molecular complexity index is 711. The van der Waals surface area contributed by atoms with Gasteiger partial charge in [-0.3, -0.25) is 9.59 Å². The predicted molar refractivity (Wildman–Crippen MR) is 90.0 cm³/mol. The number of carbonyl (C=O) groups is 2. The van der Waals surface area contributed by atoms with Crippen LogP contribution in [0.1, 0.15) is 43.8 Å². The molecule has 0 spiro atoms. The number of nitrogens with zero attached hydrogens (tertiary/aromatic N) is 1. The maximum Gasteiger partial charge on any atom is 0.264 e. The molecule has 1 aliphatic rings. The first-order chi connectivity index (χ1) is 10.6. The minimum Gasteiger partial charge on any atom is -0.365 e. The van der Waals surface area contributed by atoms with Gasteiger partial charge in [-0.15, -0.1) is 11.3 Å². The van der Waals surface area contributed by atoms with Gasteiger partial charge in [-0.2, -0.15) is 0 Å². The zero-order valence-electron chi connectivity index (χ0n) is 11.8. The van der Waals surface area contributed by atoms with Gasteiger partial charge in [-0.1, -0.05) is 28.1 Å². The van der Waals surface area contributed by atoms with Crippen molar-refractivity contribution < 1.29 is 9.59 Å². The van der Waals surface area contributed by atoms with Crippen LogP contribution < -0.4 is 5.73 Å². The Morgan fingerprint density at radius 2 is 1.82 bits per heavy atom. The minimum absolute atomic E-state index is 0.0251. The lowest BCUT2D eigenvalue weighted by atomic mass is 10.0. The quantitative estimate of drug-likeness (QED) is 0.886. The van der Waals surface area contributed by atoms with E-state index in [2.05, 4.69) is 15.9 Å². The molecule has 2 amide bonds. The Morgan fingerprint density at radius 3 is 2.45 bits per heavy atom. The largest absolute Gasteiger partial charge is 0.365 e. The first-order valence-corrected chi connectivity index (χ1v) is 8.63. The van der Waals surface area contributed by atoms with E-state index in [0.29, 0.717) is 9.75 Å². The maximum atomic E-state index is 12.7. The minimum atomic E-state index is -0.491. The van der Waals surface area contributed by atoms with E-state index >= 15 is 0 Å². The highest BCUT2D eigenvalue weighted by Crippen LogP contribution is 2.34. The molecule has 0 bridgehead atoms. The molecule has 0 aliphatic carbocycles. The van der Waals surface area contributed by atoms with Crippen molar-refractivity contribution in [1.29, 1.82) is 0 Å². The third-order valence-electron chi connectivity index (χ3n) is 3.83. The summed E-state index contributed by atoms with van der Waals surface area (Å²) in [6.45, 7) is 0.739. The number of carbonyl (C=O) groups excluding carboxylic acids is 2. The van der Waals surface area contributed by atoms with Crippen LogP contribution in [-0.2, 0) is 0 Å². The SMILES string of the molecule is NC(=O)c1ccc(C(=O)N2CCC[C@H]2c2ccc(Br)cc2)s1. The zero-order chi connectivity index (χ0) is 15.7. The molecule has 0 saturated carbocycles. The number of thiophene rings is 1. The molecule has 114 valence electrons. The lowest BCUT2D eigenvalue weighted by molar-refractivity contribution is 0.0740. The Kier molecular flexibility index (Phi) is 4.31. The van der Waals surface area contributed by atoms with Gasteiger partial charge in [0.05, 0.1) is 15.8 Å². The van der Waals surface area contributed by atoms with Gasteiger partial charge >= 0.3 is 0 Å². The molecule has 1 fully saturated rings. The van der Waals surface area contributed by atoms with E-state index in [-0.39, 0.29) is 11.9 Å². The van der Waals surface area contributed by atoms with E-state index in [1.54, 1.807) is 12.1 Å². The van der Waals surface area contributed by atoms with Crippen molar-refractivity contribution in [2.75, 3.05) is 6.54 Å². The van der Waals surface area contributed by atoms with Crippen molar-refractivity contribution in [3.63, 3.8) is 0 Å². The summed E-state index contributed by atoms with van der Waals surface area (Å²) >= 11 is 4.59. The summed E-state index contributed by atoms with van der Waals surface area (Å²) in [7, 11) is 0. The summed E-state index contributed by atoms with van der Waals surface area (Å²) in [4.78, 5) is 26.8. The number of hydrogen-bond acceptors (Lipinski definition) is 3. The van der Waals surface area contributed by atoms with Crippen LogP contribution in [0.3, 0.4) is 0 Å². The predicted octanol–water partition coefficient (Wildman–Crippen LogP) is 3.59. The number of rotatable bonds is 3. The number of amides is 2. The van der Waals surface area contributed by atoms with Gasteiger partial charge in [0.25, 0.3) is 11.8 Å². The lowest BCUT2D eigenvalue weighted by Gasteiger charge is -2.24. The highest BCUT2D eigenvalue weighted by molar-refractivity contribution is 9.10. The first kappa shape index (κ1) is 15.2. The van der Waals surface area contributed by atoms with Crippen LogP contribution in [0.2, 0.25) is 0 Å². The molecule has 1 saturated heterocycles. The molecule has 4 nitrogen and oxygen atoms in total. The number of hydrogen-bond donors (Lipinski definition) is 1. The van der Waals surface area contributed by atoms with E-state index < -0.39 is 5.91 Å². The van der Waals surface area contributed by atoms with Crippen LogP contribution in [0.4, 0.5) is 0 Å². The molecule has 2 heterocycles. The van der Waals surface area contributed by atoms with Gasteiger partial charge in [0, 0.05) is 11.0 Å². The Hall–Kier alpha value is -1.66. The van der Waals surface area contributed by atoms with Gasteiger partial charge < -0.3 is 10.6 Å². The monoisotopic (exact) mass is 378 g/mol. The number of nitrogens with two attached hydrogens (primary N) is 1. The topological polar surface area (TPSA) is 63.4 Å². The molecule has 22 heavy (non-hydrogen) atoms. The van der Waals surface area contributed by atoms with Crippen molar-refractivity contribution >= 4 is 39.1 Å². The number of likely N-dealkylation sites (tertiary alicyclic amines) is 1. The van der Waals surface area contributed by atoms with Crippen LogP contribution in [0.5, 0.6) is 0 Å². The molecule has 0 unspecified atom stereocenters. The molecular formula is C16H15BrN2O2S. The molecule has 1 aromatic heterocycles. The van der Waals surface area contributed by atoms with Crippen LogP contribution >= 0.6 is 27.3 Å². The smallest absolute Gasteiger partial charge is 0.264 e. The molecule has 6 heteroatoms. The summed E-state index contributed by atoms with van der Waals surface area (Å²) in [5.41, 5.74) is 6.39. The summed E-state index contributed by atoms with van der Waals surface area (Å²) in [5, 5.41) is 0. The zero-order valence-corrected chi connectivity index (χ0v) is 14.2. The number of benzene rings is 1. The van der Waals surface area contributed by atoms with Crippen molar-refractivity contribution in [2.45, 2.75) is 18.9 Å². The molecule has 1 aromatic carbocycles. The van der Waals surface area contributed by atoms with Crippen LogP contribution in [-0.4, -0.2) is 23.3 Å². The van der Waals surface area contributed by atoms with Gasteiger partial charge in [-0.25, -0.2) is 0 Å². The standard InChI is InChI=1S/C16H15BrN2O2S/c17-11-5-3-10(4-6-11)12-2-1-9-19(12)16(21)14-8-7-13(22-14)15(18)20/h3-8,12H,1-2,9H2,(H2,18,20)/t12-/m0/s1. The van der Waals surface area contributed by atoms with E-state index in [4.69, 9.17) is 5.73 Å². The molecule has 1 aliphatic heterocycles. The summed E-state index contributed by atoms with van der Waals surface area (Å²) in [6.07, 6.45) is 1.95. The Labute approximate surface area is 141 Å². The number of primary amides is 1. The van der Waals surface area contributed by atoms with E-state index in [1.807, 2.05) is 29.2 Å². The van der Waals surface area contributed by atoms with Gasteiger partial charge in [0.2, 0.25) is 0 Å². The number of halogens is 1. The van der Waals surface area contributed by atoms with Crippen molar-refractivity contribution in [3.8, 4) is 0 Å². The van der Waals surface area contributed by atoms with Gasteiger partial charge in [-0.05, 0) is 42.7 Å². The van der Waals surface area contributed by atoms with Crippen LogP contribution in [0.15, 0.2) is 40.9 Å². The van der Waals surface area contributed by atoms with Crippen molar-refractivity contribution in [2.24, 2.45) is 5.73 Å².